The Labute approximate surface area is 148 Å². The molecule has 2 aliphatic heterocycles. The number of ether oxygens (including phenoxy) is 2. The molecule has 136 valence electrons. The third-order valence-corrected chi connectivity index (χ3v) is 5.62. The van der Waals surface area contributed by atoms with E-state index < -0.39 is 0 Å². The van der Waals surface area contributed by atoms with Gasteiger partial charge in [0, 0.05) is 32.0 Å². The Morgan fingerprint density at radius 2 is 1.84 bits per heavy atom. The Morgan fingerprint density at radius 3 is 2.48 bits per heavy atom. The maximum absolute atomic E-state index is 12.3. The van der Waals surface area contributed by atoms with E-state index in [1.54, 1.807) is 0 Å². The van der Waals surface area contributed by atoms with Crippen LogP contribution in [0.2, 0.25) is 0 Å². The van der Waals surface area contributed by atoms with Gasteiger partial charge in [-0.2, -0.15) is 0 Å². The molecule has 4 rings (SSSR count). The van der Waals surface area contributed by atoms with Crippen LogP contribution in [0, 0.1) is 0 Å². The van der Waals surface area contributed by atoms with Gasteiger partial charge in [0.2, 0.25) is 0 Å². The number of nitrogens with one attached hydrogen (secondary N) is 1. The zero-order chi connectivity index (χ0) is 17.1. The molecule has 0 unspecified atom stereocenters. The van der Waals surface area contributed by atoms with Crippen LogP contribution >= 0.6 is 0 Å². The van der Waals surface area contributed by atoms with Gasteiger partial charge in [-0.05, 0) is 25.0 Å². The molecule has 6 nitrogen and oxygen atoms in total. The maximum Gasteiger partial charge on any atom is 0.270 e. The van der Waals surface area contributed by atoms with Crippen LogP contribution < -0.4 is 10.2 Å². The molecule has 1 saturated carbocycles. The van der Waals surface area contributed by atoms with Crippen LogP contribution in [0.3, 0.4) is 0 Å². The Morgan fingerprint density at radius 1 is 1.12 bits per heavy atom. The van der Waals surface area contributed by atoms with Crippen molar-refractivity contribution in [3.05, 3.63) is 24.0 Å². The van der Waals surface area contributed by atoms with Crippen molar-refractivity contribution in [2.45, 2.75) is 56.8 Å². The Balaban J connectivity index is 1.33. The summed E-state index contributed by atoms with van der Waals surface area (Å²) in [7, 11) is 0. The fraction of sp³-hybridized carbons (Fsp3) is 0.684. The predicted molar refractivity (Wildman–Crippen MR) is 94.7 cm³/mol. The molecule has 1 aromatic heterocycles. The summed E-state index contributed by atoms with van der Waals surface area (Å²) in [6.07, 6.45) is 9.43. The third kappa shape index (κ3) is 3.80. The average Bonchev–Trinajstić information content (AvgIpc) is 3.11. The molecule has 1 amide bonds. The highest BCUT2D eigenvalue weighted by Crippen LogP contribution is 2.33. The van der Waals surface area contributed by atoms with Crippen molar-refractivity contribution in [1.82, 2.24) is 10.3 Å². The molecule has 3 aliphatic rings. The molecule has 3 heterocycles. The summed E-state index contributed by atoms with van der Waals surface area (Å²) in [6, 6.07) is 4.14. The molecule has 1 aromatic rings. The van der Waals surface area contributed by atoms with Crippen molar-refractivity contribution >= 4 is 11.6 Å². The highest BCUT2D eigenvalue weighted by Gasteiger charge is 2.39. The van der Waals surface area contributed by atoms with Crippen LogP contribution in [0.4, 0.5) is 5.69 Å². The second-order valence-corrected chi connectivity index (χ2v) is 7.30. The maximum atomic E-state index is 12.3. The molecule has 2 saturated heterocycles. The summed E-state index contributed by atoms with van der Waals surface area (Å²) in [5, 5.41) is 3.12. The topological polar surface area (TPSA) is 63.7 Å². The number of carbonyl (C=O) groups excluding carboxylic acids is 1. The van der Waals surface area contributed by atoms with Gasteiger partial charge in [-0.3, -0.25) is 4.79 Å². The van der Waals surface area contributed by atoms with E-state index in [1.807, 2.05) is 18.3 Å². The lowest BCUT2D eigenvalue weighted by atomic mass is 9.95. The molecule has 0 radical (unpaired) electrons. The number of nitrogens with zero attached hydrogens (tertiary/aromatic N) is 2. The van der Waals surface area contributed by atoms with Crippen molar-refractivity contribution in [3.63, 3.8) is 0 Å². The quantitative estimate of drug-likeness (QED) is 0.912. The van der Waals surface area contributed by atoms with Gasteiger partial charge in [0.05, 0.1) is 25.1 Å². The second kappa shape index (κ2) is 7.30. The summed E-state index contributed by atoms with van der Waals surface area (Å²) in [6.45, 7) is 3.17. The molecule has 0 atom stereocenters. The van der Waals surface area contributed by atoms with Crippen LogP contribution in [0.5, 0.6) is 0 Å². The van der Waals surface area contributed by atoms with Gasteiger partial charge in [-0.1, -0.05) is 19.3 Å². The molecular formula is C19H27N3O3. The first-order valence-corrected chi connectivity index (χ1v) is 9.54. The first-order valence-electron chi connectivity index (χ1n) is 9.54. The van der Waals surface area contributed by atoms with E-state index in [1.165, 1.54) is 19.3 Å². The van der Waals surface area contributed by atoms with Crippen LogP contribution in [-0.2, 0) is 9.47 Å². The predicted octanol–water partition coefficient (Wildman–Crippen LogP) is 2.49. The van der Waals surface area contributed by atoms with Crippen molar-refractivity contribution in [3.8, 4) is 0 Å². The number of aromatic nitrogens is 1. The molecule has 1 spiro atoms. The van der Waals surface area contributed by atoms with Crippen LogP contribution in [0.15, 0.2) is 18.3 Å². The Hall–Kier alpha value is -1.66. The lowest BCUT2D eigenvalue weighted by Gasteiger charge is -2.38. The van der Waals surface area contributed by atoms with E-state index in [-0.39, 0.29) is 11.7 Å². The summed E-state index contributed by atoms with van der Waals surface area (Å²) < 4.78 is 11.5. The molecule has 25 heavy (non-hydrogen) atoms. The number of hydrogen-bond acceptors (Lipinski definition) is 5. The minimum atomic E-state index is -0.357. The van der Waals surface area contributed by atoms with E-state index in [0.717, 1.165) is 44.5 Å². The number of hydrogen-bond donors (Lipinski definition) is 1. The number of piperidine rings is 1. The zero-order valence-corrected chi connectivity index (χ0v) is 14.7. The highest BCUT2D eigenvalue weighted by atomic mass is 16.7. The van der Waals surface area contributed by atoms with Crippen LogP contribution in [-0.4, -0.2) is 49.0 Å². The molecule has 0 bridgehead atoms. The summed E-state index contributed by atoms with van der Waals surface area (Å²) in [4.78, 5) is 19.0. The summed E-state index contributed by atoms with van der Waals surface area (Å²) >= 11 is 0. The molecular weight excluding hydrogens is 318 g/mol. The molecule has 1 N–H and O–H groups in total. The van der Waals surface area contributed by atoms with E-state index in [9.17, 15) is 4.79 Å². The van der Waals surface area contributed by atoms with E-state index in [4.69, 9.17) is 9.47 Å². The third-order valence-electron chi connectivity index (χ3n) is 5.62. The van der Waals surface area contributed by atoms with Gasteiger partial charge >= 0.3 is 0 Å². The SMILES string of the molecule is O=C(NC1CCCCC1)c1ccc(N2CCC3(CC2)OCCO3)cn1. The number of pyridine rings is 1. The molecule has 1 aliphatic carbocycles. The van der Waals surface area contributed by atoms with Gasteiger partial charge in [0.15, 0.2) is 5.79 Å². The van der Waals surface area contributed by atoms with Crippen molar-refractivity contribution < 1.29 is 14.3 Å². The Kier molecular flexibility index (Phi) is 4.90. The largest absolute Gasteiger partial charge is 0.370 e. The van der Waals surface area contributed by atoms with Gasteiger partial charge in [-0.25, -0.2) is 4.98 Å². The van der Waals surface area contributed by atoms with Gasteiger partial charge in [0.25, 0.3) is 5.91 Å². The minimum Gasteiger partial charge on any atom is -0.370 e. The average molecular weight is 345 g/mol. The minimum absolute atomic E-state index is 0.0520. The van der Waals surface area contributed by atoms with Crippen molar-refractivity contribution in [2.75, 3.05) is 31.2 Å². The second-order valence-electron chi connectivity index (χ2n) is 7.30. The molecule has 0 aromatic carbocycles. The fourth-order valence-electron chi connectivity index (χ4n) is 4.10. The first-order chi connectivity index (χ1) is 12.2. The molecule has 6 heteroatoms. The summed E-state index contributed by atoms with van der Waals surface area (Å²) in [5.41, 5.74) is 1.56. The van der Waals surface area contributed by atoms with Gasteiger partial charge in [0.1, 0.15) is 5.69 Å². The van der Waals surface area contributed by atoms with Gasteiger partial charge in [-0.15, -0.1) is 0 Å². The normalized spacial score (nSPS) is 23.8. The number of carbonyl (C=O) groups is 1. The van der Waals surface area contributed by atoms with Gasteiger partial charge < -0.3 is 19.7 Å². The van der Waals surface area contributed by atoms with E-state index in [0.29, 0.717) is 24.9 Å². The number of anilines is 1. The lowest BCUT2D eigenvalue weighted by Crippen LogP contribution is -2.45. The monoisotopic (exact) mass is 345 g/mol. The molecule has 3 fully saturated rings. The Bertz CT molecular complexity index is 582. The lowest BCUT2D eigenvalue weighted by molar-refractivity contribution is -0.169. The standard InChI is InChI=1S/C19H27N3O3/c23-18(21-15-4-2-1-3-5-15)17-7-6-16(14-20-17)22-10-8-19(9-11-22)24-12-13-25-19/h6-7,14-15H,1-5,8-13H2,(H,21,23). The fourth-order valence-corrected chi connectivity index (χ4v) is 4.10. The van der Waals surface area contributed by atoms with Crippen LogP contribution in [0.1, 0.15) is 55.4 Å². The number of amides is 1. The zero-order valence-electron chi connectivity index (χ0n) is 14.7. The van der Waals surface area contributed by atoms with Crippen molar-refractivity contribution in [1.29, 1.82) is 0 Å². The smallest absolute Gasteiger partial charge is 0.270 e. The van der Waals surface area contributed by atoms with E-state index in [2.05, 4.69) is 15.2 Å². The van der Waals surface area contributed by atoms with E-state index >= 15 is 0 Å². The van der Waals surface area contributed by atoms with Crippen molar-refractivity contribution in [2.24, 2.45) is 0 Å². The summed E-state index contributed by atoms with van der Waals surface area (Å²) in [5.74, 6) is -0.409. The number of rotatable bonds is 3. The van der Waals surface area contributed by atoms with Crippen LogP contribution in [0.25, 0.3) is 0 Å². The first kappa shape index (κ1) is 16.8. The highest BCUT2D eigenvalue weighted by molar-refractivity contribution is 5.92.